The minimum atomic E-state index is -0.123. The standard InChI is InChI=1S/C15H17N3OS2/c1-2-18-8-7-12-13(10-18)21-15(16-12)17-14(19)6-5-11-4-3-9-20-11/h3-6,9H,2,7-8,10H2,1H3,(H,16,17,19)/b6-5-. The van der Waals surface area contributed by atoms with E-state index >= 15 is 0 Å². The van der Waals surface area contributed by atoms with Crippen molar-refractivity contribution < 1.29 is 4.79 Å². The maximum absolute atomic E-state index is 11.9. The highest BCUT2D eigenvalue weighted by molar-refractivity contribution is 7.15. The summed E-state index contributed by atoms with van der Waals surface area (Å²) in [5, 5.41) is 5.56. The van der Waals surface area contributed by atoms with Gasteiger partial charge in [-0.2, -0.15) is 0 Å². The maximum atomic E-state index is 11.9. The van der Waals surface area contributed by atoms with Crippen LogP contribution in [-0.2, 0) is 17.8 Å². The SMILES string of the molecule is CCN1CCc2nc(NC(=O)/C=C\c3cccs3)sc2C1. The first-order valence-corrected chi connectivity index (χ1v) is 8.67. The Morgan fingerprint density at radius 2 is 2.48 bits per heavy atom. The number of amides is 1. The molecule has 2 aromatic rings. The zero-order valence-electron chi connectivity index (χ0n) is 11.8. The molecular formula is C15H17N3OS2. The molecule has 0 aliphatic carbocycles. The van der Waals surface area contributed by atoms with Gasteiger partial charge in [-0.1, -0.05) is 13.0 Å². The molecule has 3 rings (SSSR count). The minimum absolute atomic E-state index is 0.123. The highest BCUT2D eigenvalue weighted by atomic mass is 32.1. The largest absolute Gasteiger partial charge is 0.298 e. The van der Waals surface area contributed by atoms with E-state index in [0.717, 1.165) is 36.6 Å². The lowest BCUT2D eigenvalue weighted by Gasteiger charge is -2.23. The molecule has 0 spiro atoms. The lowest BCUT2D eigenvalue weighted by atomic mass is 10.2. The van der Waals surface area contributed by atoms with Gasteiger partial charge < -0.3 is 0 Å². The molecule has 1 aliphatic rings. The molecule has 21 heavy (non-hydrogen) atoms. The summed E-state index contributed by atoms with van der Waals surface area (Å²) in [6, 6.07) is 3.95. The van der Waals surface area contributed by atoms with Crippen molar-refractivity contribution in [1.82, 2.24) is 9.88 Å². The number of likely N-dealkylation sites (N-methyl/N-ethyl adjacent to an activating group) is 1. The summed E-state index contributed by atoms with van der Waals surface area (Å²) in [6.45, 7) is 5.23. The van der Waals surface area contributed by atoms with Gasteiger partial charge in [-0.25, -0.2) is 4.98 Å². The van der Waals surface area contributed by atoms with Crippen LogP contribution < -0.4 is 5.32 Å². The van der Waals surface area contributed by atoms with Crippen LogP contribution >= 0.6 is 22.7 Å². The van der Waals surface area contributed by atoms with Gasteiger partial charge in [0.1, 0.15) is 0 Å². The molecule has 3 heterocycles. The summed E-state index contributed by atoms with van der Waals surface area (Å²) in [5.41, 5.74) is 1.14. The molecule has 0 aromatic carbocycles. The zero-order chi connectivity index (χ0) is 14.7. The lowest BCUT2D eigenvalue weighted by molar-refractivity contribution is -0.111. The average molecular weight is 319 g/mol. The van der Waals surface area contributed by atoms with E-state index < -0.39 is 0 Å². The van der Waals surface area contributed by atoms with E-state index in [9.17, 15) is 4.79 Å². The number of carbonyl (C=O) groups is 1. The third-order valence-corrected chi connectivity index (χ3v) is 5.27. The molecule has 0 bridgehead atoms. The first-order valence-electron chi connectivity index (χ1n) is 6.98. The number of anilines is 1. The summed E-state index contributed by atoms with van der Waals surface area (Å²) >= 11 is 3.20. The van der Waals surface area contributed by atoms with Crippen LogP contribution in [0.1, 0.15) is 22.4 Å². The van der Waals surface area contributed by atoms with Gasteiger partial charge in [0.15, 0.2) is 5.13 Å². The lowest BCUT2D eigenvalue weighted by Crippen LogP contribution is -2.29. The number of thiophene rings is 1. The molecule has 0 saturated carbocycles. The Bertz CT molecular complexity index is 646. The summed E-state index contributed by atoms with van der Waals surface area (Å²) in [7, 11) is 0. The number of aromatic nitrogens is 1. The van der Waals surface area contributed by atoms with Crippen LogP contribution in [0.15, 0.2) is 23.6 Å². The molecule has 0 saturated heterocycles. The molecule has 0 atom stereocenters. The van der Waals surface area contributed by atoms with Gasteiger partial charge in [-0.3, -0.25) is 15.0 Å². The van der Waals surface area contributed by atoms with Crippen LogP contribution in [0, 0.1) is 0 Å². The van der Waals surface area contributed by atoms with Crippen LogP contribution in [0.4, 0.5) is 5.13 Å². The first kappa shape index (κ1) is 14.4. The van der Waals surface area contributed by atoms with Gasteiger partial charge in [-0.15, -0.1) is 22.7 Å². The fourth-order valence-electron chi connectivity index (χ4n) is 2.26. The summed E-state index contributed by atoms with van der Waals surface area (Å²) in [5.74, 6) is -0.123. The van der Waals surface area contributed by atoms with Gasteiger partial charge in [0.05, 0.1) is 5.69 Å². The summed E-state index contributed by atoms with van der Waals surface area (Å²) < 4.78 is 0. The Kier molecular flexibility index (Phi) is 4.48. The van der Waals surface area contributed by atoms with Gasteiger partial charge in [-0.05, 0) is 24.1 Å². The molecule has 0 unspecified atom stereocenters. The third kappa shape index (κ3) is 3.58. The maximum Gasteiger partial charge on any atom is 0.250 e. The monoisotopic (exact) mass is 319 g/mol. The topological polar surface area (TPSA) is 45.2 Å². The Labute approximate surface area is 132 Å². The predicted molar refractivity (Wildman–Crippen MR) is 88.8 cm³/mol. The van der Waals surface area contributed by atoms with E-state index in [0.29, 0.717) is 5.13 Å². The molecule has 6 heteroatoms. The van der Waals surface area contributed by atoms with E-state index in [4.69, 9.17) is 0 Å². The number of nitrogens with one attached hydrogen (secondary N) is 1. The molecule has 0 fully saturated rings. The second-order valence-corrected chi connectivity index (χ2v) is 6.91. The molecule has 0 radical (unpaired) electrons. The van der Waals surface area contributed by atoms with Crippen LogP contribution in [0.5, 0.6) is 0 Å². The normalized spacial score (nSPS) is 15.3. The van der Waals surface area contributed by atoms with Gasteiger partial charge in [0.2, 0.25) is 5.91 Å². The van der Waals surface area contributed by atoms with Crippen LogP contribution in [0.2, 0.25) is 0 Å². The fourth-order valence-corrected chi connectivity index (χ4v) is 3.93. The minimum Gasteiger partial charge on any atom is -0.298 e. The number of fused-ring (bicyclic) bond motifs is 1. The van der Waals surface area contributed by atoms with Crippen molar-refractivity contribution in [3.05, 3.63) is 39.0 Å². The van der Waals surface area contributed by atoms with Crippen molar-refractivity contribution in [2.24, 2.45) is 0 Å². The van der Waals surface area contributed by atoms with Crippen LogP contribution in [0.3, 0.4) is 0 Å². The van der Waals surface area contributed by atoms with Crippen LogP contribution in [0.25, 0.3) is 6.08 Å². The fraction of sp³-hybridized carbons (Fsp3) is 0.333. The molecular weight excluding hydrogens is 302 g/mol. The third-order valence-electron chi connectivity index (χ3n) is 3.43. The highest BCUT2D eigenvalue weighted by Gasteiger charge is 2.19. The van der Waals surface area contributed by atoms with E-state index in [2.05, 4.69) is 22.1 Å². The van der Waals surface area contributed by atoms with E-state index in [1.165, 1.54) is 4.88 Å². The van der Waals surface area contributed by atoms with E-state index in [1.54, 1.807) is 28.7 Å². The zero-order valence-corrected chi connectivity index (χ0v) is 13.5. The summed E-state index contributed by atoms with van der Waals surface area (Å²) in [4.78, 5) is 21.2. The number of hydrogen-bond donors (Lipinski definition) is 1. The van der Waals surface area contributed by atoms with Crippen molar-refractivity contribution in [2.45, 2.75) is 19.9 Å². The quantitative estimate of drug-likeness (QED) is 0.880. The van der Waals surface area contributed by atoms with Crippen molar-refractivity contribution in [2.75, 3.05) is 18.4 Å². The molecule has 1 aliphatic heterocycles. The predicted octanol–water partition coefficient (Wildman–Crippen LogP) is 3.23. The smallest absolute Gasteiger partial charge is 0.250 e. The average Bonchev–Trinajstić information content (AvgIpc) is 3.13. The first-order chi connectivity index (χ1) is 10.2. The van der Waals surface area contributed by atoms with Gasteiger partial charge in [0.25, 0.3) is 0 Å². The number of nitrogens with zero attached hydrogens (tertiary/aromatic N) is 2. The van der Waals surface area contributed by atoms with E-state index in [1.807, 2.05) is 23.6 Å². The number of carbonyl (C=O) groups excluding carboxylic acids is 1. The molecule has 2 aromatic heterocycles. The Hall–Kier alpha value is -1.50. The highest BCUT2D eigenvalue weighted by Crippen LogP contribution is 2.28. The summed E-state index contributed by atoms with van der Waals surface area (Å²) in [6.07, 6.45) is 4.36. The number of hydrogen-bond acceptors (Lipinski definition) is 5. The molecule has 1 amide bonds. The second-order valence-electron chi connectivity index (χ2n) is 4.85. The van der Waals surface area contributed by atoms with E-state index in [-0.39, 0.29) is 5.91 Å². The second kappa shape index (κ2) is 6.51. The van der Waals surface area contributed by atoms with Crippen LogP contribution in [-0.4, -0.2) is 28.9 Å². The molecule has 110 valence electrons. The Morgan fingerprint density at radius 1 is 1.57 bits per heavy atom. The van der Waals surface area contributed by atoms with Crippen molar-refractivity contribution in [1.29, 1.82) is 0 Å². The number of rotatable bonds is 4. The molecule has 4 nitrogen and oxygen atoms in total. The van der Waals surface area contributed by atoms with Crippen molar-refractivity contribution >= 4 is 39.8 Å². The van der Waals surface area contributed by atoms with Crippen molar-refractivity contribution in [3.8, 4) is 0 Å². The molecule has 1 N–H and O–H groups in total. The van der Waals surface area contributed by atoms with Gasteiger partial charge in [0, 0.05) is 35.3 Å². The Balaban J connectivity index is 1.63. The van der Waals surface area contributed by atoms with Crippen molar-refractivity contribution in [3.63, 3.8) is 0 Å². The Morgan fingerprint density at radius 3 is 3.24 bits per heavy atom. The number of thiazole rings is 1. The van der Waals surface area contributed by atoms with Gasteiger partial charge >= 0.3 is 0 Å².